The number of H-pyrrole nitrogens is 1. The number of carbonyl (C=O) groups is 1. The van der Waals surface area contributed by atoms with Crippen LogP contribution in [0.4, 0.5) is 0 Å². The number of phenols is 1. The van der Waals surface area contributed by atoms with E-state index in [-0.39, 0.29) is 23.1 Å². The SMILES string of the molecule is CC1=CC(C(=O)c2cc(Cl)ccc2O)=CN2CCc3c([nH]c4ccccc34)C12. The zero-order valence-corrected chi connectivity index (χ0v) is 16.1. The average Bonchev–Trinajstić information content (AvgIpc) is 3.07. The van der Waals surface area contributed by atoms with Gasteiger partial charge in [0.25, 0.3) is 0 Å². The Morgan fingerprint density at radius 2 is 2.07 bits per heavy atom. The van der Waals surface area contributed by atoms with Crippen LogP contribution in [0.5, 0.6) is 5.75 Å². The molecular formula is C23H19ClN2O2. The molecule has 0 saturated heterocycles. The zero-order chi connectivity index (χ0) is 19.4. The fourth-order valence-electron chi connectivity index (χ4n) is 4.40. The number of halogens is 1. The minimum Gasteiger partial charge on any atom is -0.507 e. The van der Waals surface area contributed by atoms with Crippen molar-refractivity contribution in [3.05, 3.63) is 87.7 Å². The highest BCUT2D eigenvalue weighted by Gasteiger charge is 2.33. The molecule has 0 saturated carbocycles. The van der Waals surface area contributed by atoms with E-state index in [1.807, 2.05) is 18.3 Å². The maximum atomic E-state index is 13.0. The van der Waals surface area contributed by atoms with Crippen molar-refractivity contribution in [2.24, 2.45) is 0 Å². The van der Waals surface area contributed by atoms with Gasteiger partial charge in [0.15, 0.2) is 5.78 Å². The number of Topliss-reactive ketones (excluding diaryl/α,β-unsaturated/α-hetero) is 1. The van der Waals surface area contributed by atoms with E-state index in [0.717, 1.165) is 24.1 Å². The highest BCUT2D eigenvalue weighted by molar-refractivity contribution is 6.31. The lowest BCUT2D eigenvalue weighted by Gasteiger charge is -2.38. The number of hydrogen-bond donors (Lipinski definition) is 2. The van der Waals surface area contributed by atoms with Crippen LogP contribution >= 0.6 is 11.6 Å². The van der Waals surface area contributed by atoms with Crippen molar-refractivity contribution in [3.63, 3.8) is 0 Å². The monoisotopic (exact) mass is 390 g/mol. The summed E-state index contributed by atoms with van der Waals surface area (Å²) in [6.45, 7) is 2.89. The van der Waals surface area contributed by atoms with Crippen molar-refractivity contribution in [2.45, 2.75) is 19.4 Å². The van der Waals surface area contributed by atoms with Gasteiger partial charge in [-0.2, -0.15) is 0 Å². The number of aromatic nitrogens is 1. The van der Waals surface area contributed by atoms with Crippen LogP contribution < -0.4 is 0 Å². The Bertz CT molecular complexity index is 1190. The molecule has 2 aliphatic heterocycles. The number of phenolic OH excluding ortho intramolecular Hbond substituents is 1. The molecule has 1 aromatic heterocycles. The summed E-state index contributed by atoms with van der Waals surface area (Å²) in [5.41, 5.74) is 5.60. The first-order valence-corrected chi connectivity index (χ1v) is 9.69. The normalized spacial score (nSPS) is 18.4. The Hall–Kier alpha value is -2.98. The van der Waals surface area contributed by atoms with Crippen LogP contribution in [0.1, 0.15) is 34.6 Å². The van der Waals surface area contributed by atoms with Gasteiger partial charge in [-0.15, -0.1) is 0 Å². The number of rotatable bonds is 2. The molecule has 140 valence electrons. The Labute approximate surface area is 167 Å². The predicted octanol–water partition coefficient (Wildman–Crippen LogP) is 5.15. The van der Waals surface area contributed by atoms with Gasteiger partial charge in [0.2, 0.25) is 0 Å². The molecule has 3 heterocycles. The van der Waals surface area contributed by atoms with E-state index in [9.17, 15) is 9.90 Å². The van der Waals surface area contributed by atoms with Gasteiger partial charge in [0.05, 0.1) is 11.6 Å². The lowest BCUT2D eigenvalue weighted by atomic mass is 9.88. The summed E-state index contributed by atoms with van der Waals surface area (Å²) in [5.74, 6) is -0.278. The number of aromatic amines is 1. The van der Waals surface area contributed by atoms with Crippen LogP contribution in [0.15, 0.2) is 65.9 Å². The molecule has 5 rings (SSSR count). The second-order valence-corrected chi connectivity index (χ2v) is 7.85. The zero-order valence-electron chi connectivity index (χ0n) is 15.4. The van der Waals surface area contributed by atoms with Gasteiger partial charge in [-0.05, 0) is 54.8 Å². The summed E-state index contributed by atoms with van der Waals surface area (Å²) >= 11 is 6.02. The molecule has 1 atom stereocenters. The first-order valence-electron chi connectivity index (χ1n) is 9.31. The number of para-hydroxylation sites is 1. The number of nitrogens with one attached hydrogen (secondary N) is 1. The van der Waals surface area contributed by atoms with Crippen molar-refractivity contribution in [1.29, 1.82) is 0 Å². The largest absolute Gasteiger partial charge is 0.507 e. The van der Waals surface area contributed by atoms with E-state index >= 15 is 0 Å². The molecule has 2 aromatic carbocycles. The van der Waals surface area contributed by atoms with E-state index in [0.29, 0.717) is 10.6 Å². The maximum absolute atomic E-state index is 13.0. The molecule has 0 amide bonds. The molecule has 5 heteroatoms. The summed E-state index contributed by atoms with van der Waals surface area (Å²) < 4.78 is 0. The molecule has 2 N–H and O–H groups in total. The van der Waals surface area contributed by atoms with Crippen molar-refractivity contribution in [1.82, 2.24) is 9.88 Å². The minimum atomic E-state index is -0.222. The average molecular weight is 391 g/mol. The van der Waals surface area contributed by atoms with Crippen LogP contribution in [-0.4, -0.2) is 27.3 Å². The van der Waals surface area contributed by atoms with Gasteiger partial charge in [-0.1, -0.05) is 29.8 Å². The van der Waals surface area contributed by atoms with E-state index < -0.39 is 0 Å². The van der Waals surface area contributed by atoms with Gasteiger partial charge in [0.1, 0.15) is 5.75 Å². The lowest BCUT2D eigenvalue weighted by molar-refractivity contribution is 0.103. The van der Waals surface area contributed by atoms with Crippen molar-refractivity contribution in [2.75, 3.05) is 6.54 Å². The molecule has 0 spiro atoms. The Balaban J connectivity index is 1.55. The smallest absolute Gasteiger partial charge is 0.198 e. The predicted molar refractivity (Wildman–Crippen MR) is 111 cm³/mol. The summed E-state index contributed by atoms with van der Waals surface area (Å²) in [7, 11) is 0. The molecule has 0 radical (unpaired) electrons. The molecular weight excluding hydrogens is 372 g/mol. The van der Waals surface area contributed by atoms with Crippen molar-refractivity contribution >= 4 is 28.3 Å². The van der Waals surface area contributed by atoms with Crippen LogP contribution in [0.2, 0.25) is 5.02 Å². The topological polar surface area (TPSA) is 56.3 Å². The van der Waals surface area contributed by atoms with Crippen LogP contribution in [0.3, 0.4) is 0 Å². The third-order valence-corrected chi connectivity index (χ3v) is 5.89. The van der Waals surface area contributed by atoms with E-state index in [2.05, 4.69) is 35.0 Å². The molecule has 0 aliphatic carbocycles. The molecule has 0 fully saturated rings. The van der Waals surface area contributed by atoms with Gasteiger partial charge in [-0.25, -0.2) is 0 Å². The second-order valence-electron chi connectivity index (χ2n) is 7.42. The van der Waals surface area contributed by atoms with E-state index in [1.54, 1.807) is 6.07 Å². The molecule has 0 bridgehead atoms. The number of benzene rings is 2. The summed E-state index contributed by atoms with van der Waals surface area (Å²) in [5, 5.41) is 11.8. The number of aromatic hydroxyl groups is 1. The number of ketones is 1. The maximum Gasteiger partial charge on any atom is 0.198 e. The molecule has 2 aliphatic rings. The Morgan fingerprint density at radius 3 is 2.93 bits per heavy atom. The van der Waals surface area contributed by atoms with Gasteiger partial charge in [-0.3, -0.25) is 4.79 Å². The standard InChI is InChI=1S/C23H19ClN2O2/c1-13-10-14(23(28)18-11-15(24)6-7-20(18)27)12-26-9-8-17-16-4-2-3-5-19(16)25-21(17)22(13)26/h2-7,10-12,22,25,27H,8-9H2,1H3. The number of carbonyl (C=O) groups excluding carboxylic acids is 1. The first kappa shape index (κ1) is 17.1. The second kappa shape index (κ2) is 6.28. The summed E-state index contributed by atoms with van der Waals surface area (Å²) in [6.07, 6.45) is 4.75. The number of nitrogens with zero attached hydrogens (tertiary/aromatic N) is 1. The number of fused-ring (bicyclic) bond motifs is 5. The van der Waals surface area contributed by atoms with E-state index in [4.69, 9.17) is 11.6 Å². The highest BCUT2D eigenvalue weighted by Crippen LogP contribution is 2.41. The highest BCUT2D eigenvalue weighted by atomic mass is 35.5. The van der Waals surface area contributed by atoms with Crippen LogP contribution in [0.25, 0.3) is 10.9 Å². The van der Waals surface area contributed by atoms with Crippen LogP contribution in [-0.2, 0) is 6.42 Å². The molecule has 1 unspecified atom stereocenters. The quantitative estimate of drug-likeness (QED) is 0.595. The van der Waals surface area contributed by atoms with Gasteiger partial charge >= 0.3 is 0 Å². The summed E-state index contributed by atoms with van der Waals surface area (Å²) in [4.78, 5) is 18.8. The van der Waals surface area contributed by atoms with E-state index in [1.165, 1.54) is 28.8 Å². The third kappa shape index (κ3) is 2.56. The molecule has 28 heavy (non-hydrogen) atoms. The summed E-state index contributed by atoms with van der Waals surface area (Å²) in [6, 6.07) is 13.0. The first-order chi connectivity index (χ1) is 13.5. The number of allylic oxidation sites excluding steroid dienone is 2. The Kier molecular flexibility index (Phi) is 3.84. The fourth-order valence-corrected chi connectivity index (χ4v) is 4.57. The fraction of sp³-hybridized carbons (Fsp3) is 0.174. The van der Waals surface area contributed by atoms with Crippen molar-refractivity contribution in [3.8, 4) is 5.75 Å². The third-order valence-electron chi connectivity index (χ3n) is 5.66. The molecule has 4 nitrogen and oxygen atoms in total. The van der Waals surface area contributed by atoms with Crippen molar-refractivity contribution < 1.29 is 9.90 Å². The molecule has 3 aromatic rings. The van der Waals surface area contributed by atoms with Gasteiger partial charge < -0.3 is 15.0 Å². The minimum absolute atomic E-state index is 0.0555. The number of hydrogen-bond acceptors (Lipinski definition) is 3. The lowest BCUT2D eigenvalue weighted by Crippen LogP contribution is -2.34. The Morgan fingerprint density at radius 1 is 1.25 bits per heavy atom. The van der Waals surface area contributed by atoms with Gasteiger partial charge in [0, 0.05) is 39.9 Å². The van der Waals surface area contributed by atoms with Crippen LogP contribution in [0, 0.1) is 0 Å².